The highest BCUT2D eigenvalue weighted by atomic mass is 35.5. The van der Waals surface area contributed by atoms with Gasteiger partial charge in [-0.25, -0.2) is 8.42 Å². The lowest BCUT2D eigenvalue weighted by Crippen LogP contribution is -2.37. The summed E-state index contributed by atoms with van der Waals surface area (Å²) in [6, 6.07) is 11.8. The van der Waals surface area contributed by atoms with E-state index in [-0.39, 0.29) is 29.3 Å². The van der Waals surface area contributed by atoms with Gasteiger partial charge in [0, 0.05) is 23.8 Å². The third-order valence-electron chi connectivity index (χ3n) is 4.10. The summed E-state index contributed by atoms with van der Waals surface area (Å²) >= 11 is 0. The normalized spacial score (nSPS) is 12.0. The van der Waals surface area contributed by atoms with Crippen LogP contribution in [0.3, 0.4) is 0 Å². The topological polar surface area (TPSA) is 87.3 Å². The van der Waals surface area contributed by atoms with E-state index in [2.05, 4.69) is 15.4 Å². The second-order valence-corrected chi connectivity index (χ2v) is 8.03. The maximum Gasteiger partial charge on any atom is 0.261 e. The number of hydrogen-bond acceptors (Lipinski definition) is 4. The van der Waals surface area contributed by atoms with Crippen LogP contribution in [0.25, 0.3) is 0 Å². The van der Waals surface area contributed by atoms with E-state index in [1.165, 1.54) is 12.1 Å². The SMILES string of the molecule is CNC(C)CNC(=O)c1cc(S(=O)(=O)Nc2cccc(C)c2)ccc1C.Cl. The van der Waals surface area contributed by atoms with Crippen molar-refractivity contribution in [1.82, 2.24) is 10.6 Å². The maximum absolute atomic E-state index is 12.7. The summed E-state index contributed by atoms with van der Waals surface area (Å²) in [6.45, 7) is 6.06. The molecule has 0 spiro atoms. The van der Waals surface area contributed by atoms with Crippen LogP contribution in [0.5, 0.6) is 0 Å². The number of amides is 1. The van der Waals surface area contributed by atoms with Crippen LogP contribution in [0.2, 0.25) is 0 Å². The van der Waals surface area contributed by atoms with Crippen LogP contribution >= 0.6 is 12.4 Å². The zero-order chi connectivity index (χ0) is 19.3. The van der Waals surface area contributed by atoms with Gasteiger partial charge < -0.3 is 10.6 Å². The first-order valence-electron chi connectivity index (χ1n) is 8.38. The Kier molecular flexibility index (Phi) is 8.27. The number of rotatable bonds is 7. The van der Waals surface area contributed by atoms with Crippen LogP contribution < -0.4 is 15.4 Å². The van der Waals surface area contributed by atoms with Gasteiger partial charge in [0.05, 0.1) is 4.90 Å². The first-order chi connectivity index (χ1) is 12.2. The second-order valence-electron chi connectivity index (χ2n) is 6.35. The standard InChI is InChI=1S/C19H25N3O3S.ClH/c1-13-6-5-7-16(10-13)22-26(24,25)17-9-8-14(2)18(11-17)19(23)21-12-15(3)20-4;/h5-11,15,20,22H,12H2,1-4H3,(H,21,23);1H. The molecule has 1 unspecified atom stereocenters. The van der Waals surface area contributed by atoms with Gasteiger partial charge in [0.2, 0.25) is 0 Å². The molecular formula is C19H26ClN3O3S. The van der Waals surface area contributed by atoms with Gasteiger partial charge in [-0.2, -0.15) is 0 Å². The molecule has 0 bridgehead atoms. The van der Waals surface area contributed by atoms with Crippen molar-refractivity contribution in [2.75, 3.05) is 18.3 Å². The molecule has 0 aliphatic heterocycles. The van der Waals surface area contributed by atoms with Crippen LogP contribution in [0.15, 0.2) is 47.4 Å². The van der Waals surface area contributed by atoms with Crippen LogP contribution in [0.1, 0.15) is 28.4 Å². The fourth-order valence-electron chi connectivity index (χ4n) is 2.38. The Bertz CT molecular complexity index is 901. The summed E-state index contributed by atoms with van der Waals surface area (Å²) in [6.07, 6.45) is 0. The van der Waals surface area contributed by atoms with Gasteiger partial charge in [0.25, 0.3) is 15.9 Å². The molecule has 1 atom stereocenters. The van der Waals surface area contributed by atoms with Gasteiger partial charge in [-0.15, -0.1) is 12.4 Å². The molecule has 0 radical (unpaired) electrons. The highest BCUT2D eigenvalue weighted by Gasteiger charge is 2.18. The van der Waals surface area contributed by atoms with Crippen molar-refractivity contribution >= 4 is 34.0 Å². The monoisotopic (exact) mass is 411 g/mol. The van der Waals surface area contributed by atoms with Crippen molar-refractivity contribution in [2.45, 2.75) is 31.7 Å². The molecule has 1 amide bonds. The third-order valence-corrected chi connectivity index (χ3v) is 5.47. The lowest BCUT2D eigenvalue weighted by atomic mass is 10.1. The first kappa shape index (κ1) is 23.0. The van der Waals surface area contributed by atoms with Crippen molar-refractivity contribution in [1.29, 1.82) is 0 Å². The quantitative estimate of drug-likeness (QED) is 0.653. The molecule has 2 rings (SSSR count). The van der Waals surface area contributed by atoms with Crippen LogP contribution in [-0.2, 0) is 10.0 Å². The molecule has 2 aromatic rings. The molecule has 6 nitrogen and oxygen atoms in total. The minimum absolute atomic E-state index is 0. The Balaban J connectivity index is 0.00000364. The molecule has 2 aromatic carbocycles. The van der Waals surface area contributed by atoms with E-state index >= 15 is 0 Å². The molecule has 0 saturated carbocycles. The summed E-state index contributed by atoms with van der Waals surface area (Å²) in [5, 5.41) is 5.84. The molecule has 0 aliphatic rings. The molecule has 27 heavy (non-hydrogen) atoms. The third kappa shape index (κ3) is 6.23. The van der Waals surface area contributed by atoms with Crippen LogP contribution in [0, 0.1) is 13.8 Å². The molecular weight excluding hydrogens is 386 g/mol. The van der Waals surface area contributed by atoms with Gasteiger partial charge in [-0.1, -0.05) is 18.2 Å². The fourth-order valence-corrected chi connectivity index (χ4v) is 3.45. The first-order valence-corrected chi connectivity index (χ1v) is 9.87. The Hall–Kier alpha value is -2.09. The highest BCUT2D eigenvalue weighted by molar-refractivity contribution is 7.92. The van der Waals surface area contributed by atoms with Crippen LogP contribution in [0.4, 0.5) is 5.69 Å². The molecule has 8 heteroatoms. The summed E-state index contributed by atoms with van der Waals surface area (Å²) in [5.74, 6) is -0.294. The smallest absolute Gasteiger partial charge is 0.261 e. The molecule has 0 aromatic heterocycles. The van der Waals surface area contributed by atoms with Crippen molar-refractivity contribution in [3.8, 4) is 0 Å². The predicted octanol–water partition coefficient (Wildman–Crippen LogP) is 2.86. The highest BCUT2D eigenvalue weighted by Crippen LogP contribution is 2.20. The van der Waals surface area contributed by atoms with Gasteiger partial charge >= 0.3 is 0 Å². The summed E-state index contributed by atoms with van der Waals surface area (Å²) < 4.78 is 27.9. The largest absolute Gasteiger partial charge is 0.350 e. The minimum atomic E-state index is -3.78. The Morgan fingerprint density at radius 3 is 2.44 bits per heavy atom. The zero-order valence-corrected chi connectivity index (χ0v) is 17.5. The van der Waals surface area contributed by atoms with Gasteiger partial charge in [0.15, 0.2) is 0 Å². The van der Waals surface area contributed by atoms with Gasteiger partial charge in [0.1, 0.15) is 0 Å². The van der Waals surface area contributed by atoms with Crippen LogP contribution in [-0.4, -0.2) is 34.0 Å². The number of carbonyl (C=O) groups is 1. The maximum atomic E-state index is 12.7. The van der Waals surface area contributed by atoms with E-state index in [0.29, 0.717) is 23.4 Å². The van der Waals surface area contributed by atoms with Crippen molar-refractivity contribution < 1.29 is 13.2 Å². The fraction of sp³-hybridized carbons (Fsp3) is 0.316. The summed E-state index contributed by atoms with van der Waals surface area (Å²) in [7, 11) is -1.97. The number of benzene rings is 2. The number of anilines is 1. The van der Waals surface area contributed by atoms with E-state index < -0.39 is 10.0 Å². The average Bonchev–Trinajstić information content (AvgIpc) is 2.59. The number of halogens is 1. The number of sulfonamides is 1. The zero-order valence-electron chi connectivity index (χ0n) is 15.9. The molecule has 148 valence electrons. The molecule has 3 N–H and O–H groups in total. The van der Waals surface area contributed by atoms with Gasteiger partial charge in [-0.05, 0) is 63.2 Å². The number of hydrogen-bond donors (Lipinski definition) is 3. The second kappa shape index (κ2) is 9.73. The number of carbonyl (C=O) groups excluding carboxylic acids is 1. The number of aryl methyl sites for hydroxylation is 2. The summed E-state index contributed by atoms with van der Waals surface area (Å²) in [5.41, 5.74) is 2.50. The van der Waals surface area contributed by atoms with Crippen molar-refractivity contribution in [3.63, 3.8) is 0 Å². The Morgan fingerprint density at radius 2 is 1.81 bits per heavy atom. The summed E-state index contributed by atoms with van der Waals surface area (Å²) in [4.78, 5) is 12.5. The number of nitrogens with one attached hydrogen (secondary N) is 3. The van der Waals surface area contributed by atoms with E-state index in [1.807, 2.05) is 27.0 Å². The molecule has 0 aliphatic carbocycles. The lowest BCUT2D eigenvalue weighted by Gasteiger charge is -2.14. The number of likely N-dealkylation sites (N-methyl/N-ethyl adjacent to an activating group) is 1. The van der Waals surface area contributed by atoms with Gasteiger partial charge in [-0.3, -0.25) is 9.52 Å². The minimum Gasteiger partial charge on any atom is -0.350 e. The van der Waals surface area contributed by atoms with Crippen molar-refractivity contribution in [3.05, 3.63) is 59.2 Å². The van der Waals surface area contributed by atoms with Crippen molar-refractivity contribution in [2.24, 2.45) is 0 Å². The molecule has 0 saturated heterocycles. The predicted molar refractivity (Wildman–Crippen MR) is 111 cm³/mol. The Labute approximate surface area is 167 Å². The van der Waals surface area contributed by atoms with E-state index in [0.717, 1.165) is 5.56 Å². The molecule has 0 fully saturated rings. The lowest BCUT2D eigenvalue weighted by molar-refractivity contribution is 0.0949. The van der Waals surface area contributed by atoms with E-state index in [9.17, 15) is 13.2 Å². The molecule has 0 heterocycles. The van der Waals surface area contributed by atoms with E-state index in [1.54, 1.807) is 31.2 Å². The Morgan fingerprint density at radius 1 is 1.11 bits per heavy atom. The van der Waals surface area contributed by atoms with E-state index in [4.69, 9.17) is 0 Å². The average molecular weight is 412 g/mol.